The highest BCUT2D eigenvalue weighted by molar-refractivity contribution is 7.91. The first-order valence-corrected chi connectivity index (χ1v) is 19.6. The van der Waals surface area contributed by atoms with Gasteiger partial charge in [-0.3, -0.25) is 19.2 Å². The van der Waals surface area contributed by atoms with Crippen molar-refractivity contribution in [3.63, 3.8) is 0 Å². The van der Waals surface area contributed by atoms with Crippen LogP contribution in [0.15, 0.2) is 42.1 Å². The number of fused-ring (bicyclic) bond motifs is 1. The number of hydrogen-bond acceptors (Lipinski definition) is 8. The van der Waals surface area contributed by atoms with Crippen molar-refractivity contribution in [3.05, 3.63) is 37.1 Å². The standard InChI is InChI=1S/C38H54N6O7S/c1-9-11-17-25(28(45)32(47)40-21-10-2)41-31(46)27-29-36(6,7)37(29,8)23-44(27)33(48)30(35(3,4)5)42-34(49)43-38(19-14-12-15-20-38)24-52(50,51)26-18-13-16-22-39-26/h1,10,13,16,18,22,25,27,29-30H,2,11-12,14-15,17,19-21,23-24H2,3-8H3,(H,40,47)(H,41,46)(H2,42,43,49)/t25?,27?,29?,30-,37?/m1/s1. The zero-order valence-corrected chi connectivity index (χ0v) is 32.0. The summed E-state index contributed by atoms with van der Waals surface area (Å²) in [5, 5.41) is 10.9. The lowest BCUT2D eigenvalue weighted by molar-refractivity contribution is -0.145. The van der Waals surface area contributed by atoms with Crippen LogP contribution in [0.5, 0.6) is 0 Å². The fraction of sp³-hybridized carbons (Fsp3) is 0.632. The number of carbonyl (C=O) groups is 5. The molecule has 3 fully saturated rings. The summed E-state index contributed by atoms with van der Waals surface area (Å²) < 4.78 is 26.9. The molecule has 14 heteroatoms. The molecule has 1 saturated heterocycles. The average molecular weight is 739 g/mol. The van der Waals surface area contributed by atoms with Crippen LogP contribution in [-0.4, -0.2) is 90.3 Å². The fourth-order valence-corrected chi connectivity index (χ4v) is 9.94. The molecular formula is C38H54N6O7S. The molecule has 5 amide bonds. The van der Waals surface area contributed by atoms with Gasteiger partial charge in [-0.05, 0) is 47.6 Å². The van der Waals surface area contributed by atoms with E-state index in [1.165, 1.54) is 23.2 Å². The van der Waals surface area contributed by atoms with Crippen LogP contribution < -0.4 is 21.3 Å². The molecular weight excluding hydrogens is 685 g/mol. The van der Waals surface area contributed by atoms with E-state index in [4.69, 9.17) is 6.42 Å². The number of sulfone groups is 1. The van der Waals surface area contributed by atoms with Gasteiger partial charge in [-0.2, -0.15) is 0 Å². The number of likely N-dealkylation sites (tertiary alicyclic amines) is 1. The van der Waals surface area contributed by atoms with E-state index in [1.807, 2.05) is 20.8 Å². The molecule has 52 heavy (non-hydrogen) atoms. The van der Waals surface area contributed by atoms with Gasteiger partial charge in [0.2, 0.25) is 17.6 Å². The number of urea groups is 1. The second-order valence-corrected chi connectivity index (χ2v) is 18.3. The molecule has 0 bridgehead atoms. The number of nitrogens with one attached hydrogen (secondary N) is 4. The summed E-state index contributed by atoms with van der Waals surface area (Å²) in [6.07, 6.45) is 11.7. The van der Waals surface area contributed by atoms with E-state index in [0.717, 1.165) is 19.3 Å². The molecule has 1 aromatic heterocycles. The molecule has 13 nitrogen and oxygen atoms in total. The highest BCUT2D eigenvalue weighted by Gasteiger charge is 2.77. The van der Waals surface area contributed by atoms with Crippen LogP contribution in [0.25, 0.3) is 0 Å². The first-order valence-electron chi connectivity index (χ1n) is 17.9. The summed E-state index contributed by atoms with van der Waals surface area (Å²) >= 11 is 0. The Hall–Kier alpha value is -4.25. The van der Waals surface area contributed by atoms with Crippen LogP contribution in [0.2, 0.25) is 0 Å². The van der Waals surface area contributed by atoms with Crippen molar-refractivity contribution in [2.24, 2.45) is 22.2 Å². The molecule has 1 aromatic rings. The molecule has 4 N–H and O–H groups in total. The van der Waals surface area contributed by atoms with E-state index in [9.17, 15) is 32.4 Å². The molecule has 5 atom stereocenters. The number of terminal acetylenes is 1. The maximum absolute atomic E-state index is 14.6. The number of rotatable bonds is 14. The largest absolute Gasteiger partial charge is 0.346 e. The Morgan fingerprint density at radius 1 is 1.10 bits per heavy atom. The Labute approximate surface area is 307 Å². The fourth-order valence-electron chi connectivity index (χ4n) is 8.19. The van der Waals surface area contributed by atoms with Crippen molar-refractivity contribution in [2.75, 3.05) is 18.8 Å². The molecule has 0 spiro atoms. The average Bonchev–Trinajstić information content (AvgIpc) is 3.32. The van der Waals surface area contributed by atoms with Crippen molar-refractivity contribution in [1.82, 2.24) is 31.2 Å². The van der Waals surface area contributed by atoms with Gasteiger partial charge in [-0.15, -0.1) is 18.9 Å². The first kappa shape index (κ1) is 40.5. The van der Waals surface area contributed by atoms with E-state index in [-0.39, 0.29) is 48.0 Å². The van der Waals surface area contributed by atoms with Crippen LogP contribution in [0.3, 0.4) is 0 Å². The lowest BCUT2D eigenvalue weighted by atomic mass is 9.83. The molecule has 4 rings (SSSR count). The van der Waals surface area contributed by atoms with Crippen molar-refractivity contribution in [3.8, 4) is 12.3 Å². The van der Waals surface area contributed by atoms with E-state index in [0.29, 0.717) is 12.8 Å². The van der Waals surface area contributed by atoms with Gasteiger partial charge in [0.25, 0.3) is 5.91 Å². The lowest BCUT2D eigenvalue weighted by Gasteiger charge is -2.40. The minimum atomic E-state index is -3.86. The Kier molecular flexibility index (Phi) is 12.0. The number of aromatic nitrogens is 1. The molecule has 2 heterocycles. The summed E-state index contributed by atoms with van der Waals surface area (Å²) in [6.45, 7) is 15.3. The number of ketones is 1. The van der Waals surface area contributed by atoms with Gasteiger partial charge >= 0.3 is 6.03 Å². The van der Waals surface area contributed by atoms with E-state index >= 15 is 0 Å². The maximum atomic E-state index is 14.6. The highest BCUT2D eigenvalue weighted by Crippen LogP contribution is 2.74. The van der Waals surface area contributed by atoms with E-state index in [2.05, 4.69) is 38.8 Å². The van der Waals surface area contributed by atoms with Gasteiger partial charge in [0.1, 0.15) is 12.1 Å². The van der Waals surface area contributed by atoms with Crippen LogP contribution >= 0.6 is 0 Å². The minimum Gasteiger partial charge on any atom is -0.346 e. The molecule has 2 aliphatic carbocycles. The van der Waals surface area contributed by atoms with Gasteiger partial charge in [0.15, 0.2) is 14.9 Å². The molecule has 4 unspecified atom stereocenters. The van der Waals surface area contributed by atoms with Gasteiger partial charge in [0, 0.05) is 31.6 Å². The second kappa shape index (κ2) is 15.4. The molecule has 2 saturated carbocycles. The number of nitrogens with zero attached hydrogens (tertiary/aromatic N) is 2. The summed E-state index contributed by atoms with van der Waals surface area (Å²) in [5.74, 6) is -0.971. The van der Waals surface area contributed by atoms with E-state index < -0.39 is 73.9 Å². The van der Waals surface area contributed by atoms with Crippen molar-refractivity contribution < 1.29 is 32.4 Å². The molecule has 284 valence electrons. The predicted octanol–water partition coefficient (Wildman–Crippen LogP) is 2.91. The minimum absolute atomic E-state index is 0.0265. The molecule has 1 aliphatic heterocycles. The summed E-state index contributed by atoms with van der Waals surface area (Å²) in [5.41, 5.74) is -2.65. The maximum Gasteiger partial charge on any atom is 0.315 e. The van der Waals surface area contributed by atoms with E-state index in [1.54, 1.807) is 32.9 Å². The number of amides is 5. The van der Waals surface area contributed by atoms with Crippen molar-refractivity contribution in [2.45, 2.75) is 115 Å². The normalized spacial score (nSPS) is 24.2. The van der Waals surface area contributed by atoms with Gasteiger partial charge < -0.3 is 26.2 Å². The van der Waals surface area contributed by atoms with Crippen LogP contribution in [0.4, 0.5) is 4.79 Å². The number of pyridine rings is 1. The predicted molar refractivity (Wildman–Crippen MR) is 196 cm³/mol. The number of piperidine rings is 1. The van der Waals surface area contributed by atoms with Crippen LogP contribution in [-0.2, 0) is 29.0 Å². The first-order chi connectivity index (χ1) is 24.2. The zero-order valence-electron chi connectivity index (χ0n) is 31.2. The topological polar surface area (TPSA) is 184 Å². The van der Waals surface area contributed by atoms with Gasteiger partial charge in [-0.25, -0.2) is 18.2 Å². The monoisotopic (exact) mass is 738 g/mol. The van der Waals surface area contributed by atoms with Crippen molar-refractivity contribution in [1.29, 1.82) is 0 Å². The van der Waals surface area contributed by atoms with Crippen molar-refractivity contribution >= 4 is 39.4 Å². The smallest absolute Gasteiger partial charge is 0.315 e. The Balaban J connectivity index is 1.59. The molecule has 0 radical (unpaired) electrons. The molecule has 3 aliphatic rings. The summed E-state index contributed by atoms with van der Waals surface area (Å²) in [7, 11) is -3.86. The summed E-state index contributed by atoms with van der Waals surface area (Å²) in [6, 6.07) is 0.660. The zero-order chi connectivity index (χ0) is 38.7. The third-order valence-corrected chi connectivity index (χ3v) is 13.2. The van der Waals surface area contributed by atoms with Crippen LogP contribution in [0.1, 0.15) is 86.5 Å². The number of carbonyl (C=O) groups excluding carboxylic acids is 5. The second-order valence-electron chi connectivity index (χ2n) is 16.4. The number of Topliss-reactive ketones (excluding diaryl/α,β-unsaturated/α-hetero) is 1. The quantitative estimate of drug-likeness (QED) is 0.128. The molecule has 0 aromatic carbocycles. The van der Waals surface area contributed by atoms with Crippen LogP contribution in [0, 0.1) is 34.5 Å². The number of hydrogen-bond donors (Lipinski definition) is 4. The third-order valence-electron chi connectivity index (χ3n) is 11.4. The highest BCUT2D eigenvalue weighted by atomic mass is 32.2. The SMILES string of the molecule is C#CCCC(NC(=O)C1C2C(C)(C)C2(C)CN1C(=O)[C@@H](NC(=O)NC1(CS(=O)(=O)c2ccccn2)CCCCC1)C(C)(C)C)C(=O)C(=O)NCC=C. The Bertz CT molecular complexity index is 1710. The Morgan fingerprint density at radius 3 is 2.35 bits per heavy atom. The Morgan fingerprint density at radius 2 is 1.77 bits per heavy atom. The van der Waals surface area contributed by atoms with Gasteiger partial charge in [-0.1, -0.05) is 72.9 Å². The third kappa shape index (κ3) is 8.35. The van der Waals surface area contributed by atoms with Gasteiger partial charge in [0.05, 0.1) is 17.3 Å². The lowest BCUT2D eigenvalue weighted by Crippen LogP contribution is -2.64. The summed E-state index contributed by atoms with van der Waals surface area (Å²) in [4.78, 5) is 73.8.